The molecule has 2 rings (SSSR count). The number of nitrogens with zero attached hydrogens (tertiary/aromatic N) is 1. The molecule has 0 bridgehead atoms. The van der Waals surface area contributed by atoms with Gasteiger partial charge in [0.15, 0.2) is 0 Å². The summed E-state index contributed by atoms with van der Waals surface area (Å²) in [6, 6.07) is 5.99. The molecule has 1 aromatic carbocycles. The summed E-state index contributed by atoms with van der Waals surface area (Å²) in [4.78, 5) is 39.6. The SMILES string of the molecule is O=C(Nc1ccccc1C(=O)O)c1c[nH]c(=O)cn1. The Morgan fingerprint density at radius 1 is 1.26 bits per heavy atom. The topological polar surface area (TPSA) is 112 Å². The number of aromatic carboxylic acids is 1. The average Bonchev–Trinajstić information content (AvgIpc) is 2.39. The molecule has 3 N–H and O–H groups in total. The number of carbonyl (C=O) groups is 2. The van der Waals surface area contributed by atoms with Gasteiger partial charge in [0.1, 0.15) is 5.69 Å². The third kappa shape index (κ3) is 2.83. The minimum atomic E-state index is -1.15. The predicted molar refractivity (Wildman–Crippen MR) is 66.2 cm³/mol. The quantitative estimate of drug-likeness (QED) is 0.751. The normalized spacial score (nSPS) is 9.89. The zero-order chi connectivity index (χ0) is 13.8. The van der Waals surface area contributed by atoms with Crippen LogP contribution in [0.5, 0.6) is 0 Å². The van der Waals surface area contributed by atoms with Crippen LogP contribution in [-0.4, -0.2) is 27.0 Å². The summed E-state index contributed by atoms with van der Waals surface area (Å²) >= 11 is 0. The van der Waals surface area contributed by atoms with E-state index in [1.807, 2.05) is 0 Å². The lowest BCUT2D eigenvalue weighted by Crippen LogP contribution is -2.18. The van der Waals surface area contributed by atoms with Crippen LogP contribution in [0, 0.1) is 0 Å². The Morgan fingerprint density at radius 3 is 2.63 bits per heavy atom. The Morgan fingerprint density at radius 2 is 2.00 bits per heavy atom. The van der Waals surface area contributed by atoms with Crippen molar-refractivity contribution in [2.24, 2.45) is 0 Å². The molecular weight excluding hydrogens is 250 g/mol. The second-order valence-corrected chi connectivity index (χ2v) is 3.60. The highest BCUT2D eigenvalue weighted by molar-refractivity contribution is 6.06. The van der Waals surface area contributed by atoms with E-state index in [9.17, 15) is 14.4 Å². The lowest BCUT2D eigenvalue weighted by molar-refractivity contribution is 0.0698. The molecule has 0 fully saturated rings. The Balaban J connectivity index is 2.26. The number of anilines is 1. The van der Waals surface area contributed by atoms with Crippen LogP contribution >= 0.6 is 0 Å². The summed E-state index contributed by atoms with van der Waals surface area (Å²) < 4.78 is 0. The van der Waals surface area contributed by atoms with Crippen molar-refractivity contribution >= 4 is 17.6 Å². The molecular formula is C12H9N3O4. The number of carboxylic acid groups (broad SMARTS) is 1. The summed E-state index contributed by atoms with van der Waals surface area (Å²) in [7, 11) is 0. The molecule has 0 spiro atoms. The Labute approximate surface area is 106 Å². The molecule has 0 aliphatic rings. The molecule has 0 radical (unpaired) electrons. The standard InChI is InChI=1S/C12H9N3O4/c16-10-6-13-9(5-14-10)11(17)15-8-4-2-1-3-7(8)12(18)19/h1-6H,(H,14,16)(H,15,17)(H,18,19). The van der Waals surface area contributed by atoms with E-state index in [0.717, 1.165) is 12.4 Å². The molecule has 1 amide bonds. The fourth-order valence-electron chi connectivity index (χ4n) is 1.43. The van der Waals surface area contributed by atoms with E-state index in [1.165, 1.54) is 12.1 Å². The van der Waals surface area contributed by atoms with Gasteiger partial charge in [0.25, 0.3) is 11.5 Å². The van der Waals surface area contributed by atoms with E-state index in [2.05, 4.69) is 15.3 Å². The minimum absolute atomic E-state index is 0.0141. The van der Waals surface area contributed by atoms with Gasteiger partial charge in [0, 0.05) is 6.20 Å². The van der Waals surface area contributed by atoms with Crippen molar-refractivity contribution in [2.45, 2.75) is 0 Å². The van der Waals surface area contributed by atoms with E-state index in [-0.39, 0.29) is 16.9 Å². The highest BCUT2D eigenvalue weighted by Gasteiger charge is 2.13. The zero-order valence-electron chi connectivity index (χ0n) is 9.58. The lowest BCUT2D eigenvalue weighted by atomic mass is 10.2. The fraction of sp³-hybridized carbons (Fsp3) is 0. The highest BCUT2D eigenvalue weighted by atomic mass is 16.4. The van der Waals surface area contributed by atoms with Crippen LogP contribution in [-0.2, 0) is 0 Å². The van der Waals surface area contributed by atoms with E-state index in [1.54, 1.807) is 12.1 Å². The smallest absolute Gasteiger partial charge is 0.337 e. The largest absolute Gasteiger partial charge is 0.478 e. The van der Waals surface area contributed by atoms with Crippen LogP contribution in [0.1, 0.15) is 20.8 Å². The molecule has 0 saturated heterocycles. The van der Waals surface area contributed by atoms with Gasteiger partial charge in [-0.2, -0.15) is 0 Å². The van der Waals surface area contributed by atoms with Crippen LogP contribution in [0.2, 0.25) is 0 Å². The summed E-state index contributed by atoms with van der Waals surface area (Å²) in [5, 5.41) is 11.4. The molecule has 19 heavy (non-hydrogen) atoms. The van der Waals surface area contributed by atoms with Gasteiger partial charge in [-0.25, -0.2) is 9.78 Å². The number of aromatic nitrogens is 2. The number of carboxylic acids is 1. The first-order chi connectivity index (χ1) is 9.08. The van der Waals surface area contributed by atoms with Crippen molar-refractivity contribution in [3.8, 4) is 0 Å². The monoisotopic (exact) mass is 259 g/mol. The predicted octanol–water partition coefficient (Wildman–Crippen LogP) is 0.720. The molecule has 0 atom stereocenters. The molecule has 2 aromatic rings. The third-order valence-electron chi connectivity index (χ3n) is 2.31. The summed E-state index contributed by atoms with van der Waals surface area (Å²) in [6.07, 6.45) is 2.12. The van der Waals surface area contributed by atoms with Gasteiger partial charge in [-0.1, -0.05) is 12.1 Å². The zero-order valence-corrected chi connectivity index (χ0v) is 9.58. The number of H-pyrrole nitrogens is 1. The molecule has 7 heteroatoms. The van der Waals surface area contributed by atoms with Crippen LogP contribution in [0.15, 0.2) is 41.5 Å². The third-order valence-corrected chi connectivity index (χ3v) is 2.31. The molecule has 1 aromatic heterocycles. The molecule has 7 nitrogen and oxygen atoms in total. The summed E-state index contributed by atoms with van der Waals surface area (Å²) in [5.41, 5.74) is -0.310. The molecule has 0 saturated carbocycles. The van der Waals surface area contributed by atoms with E-state index in [4.69, 9.17) is 5.11 Å². The van der Waals surface area contributed by atoms with E-state index >= 15 is 0 Å². The lowest BCUT2D eigenvalue weighted by Gasteiger charge is -2.07. The number of hydrogen-bond acceptors (Lipinski definition) is 4. The van der Waals surface area contributed by atoms with Gasteiger partial charge in [0.2, 0.25) is 0 Å². The van der Waals surface area contributed by atoms with Gasteiger partial charge in [0.05, 0.1) is 17.4 Å². The summed E-state index contributed by atoms with van der Waals surface area (Å²) in [6.45, 7) is 0. The second kappa shape index (κ2) is 5.13. The number of benzene rings is 1. The number of para-hydroxylation sites is 1. The first kappa shape index (κ1) is 12.5. The van der Waals surface area contributed by atoms with Crippen LogP contribution < -0.4 is 10.9 Å². The van der Waals surface area contributed by atoms with Gasteiger partial charge in [-0.15, -0.1) is 0 Å². The van der Waals surface area contributed by atoms with Crippen molar-refractivity contribution in [1.82, 2.24) is 9.97 Å². The first-order valence-electron chi connectivity index (χ1n) is 5.26. The van der Waals surface area contributed by atoms with Gasteiger partial charge < -0.3 is 15.4 Å². The number of nitrogens with one attached hydrogen (secondary N) is 2. The highest BCUT2D eigenvalue weighted by Crippen LogP contribution is 2.15. The van der Waals surface area contributed by atoms with Crippen LogP contribution in [0.3, 0.4) is 0 Å². The minimum Gasteiger partial charge on any atom is -0.478 e. The van der Waals surface area contributed by atoms with Gasteiger partial charge in [-0.05, 0) is 12.1 Å². The van der Waals surface area contributed by atoms with Crippen molar-refractivity contribution in [1.29, 1.82) is 0 Å². The number of amides is 1. The van der Waals surface area contributed by atoms with Crippen LogP contribution in [0.25, 0.3) is 0 Å². The van der Waals surface area contributed by atoms with Crippen molar-refractivity contribution in [3.63, 3.8) is 0 Å². The van der Waals surface area contributed by atoms with E-state index < -0.39 is 17.4 Å². The molecule has 96 valence electrons. The number of carbonyl (C=O) groups excluding carboxylic acids is 1. The van der Waals surface area contributed by atoms with Crippen LogP contribution in [0.4, 0.5) is 5.69 Å². The maximum absolute atomic E-state index is 11.8. The molecule has 0 aliphatic heterocycles. The second-order valence-electron chi connectivity index (χ2n) is 3.60. The number of aromatic amines is 1. The number of rotatable bonds is 3. The van der Waals surface area contributed by atoms with Crippen molar-refractivity contribution in [2.75, 3.05) is 5.32 Å². The Kier molecular flexibility index (Phi) is 3.37. The first-order valence-corrected chi connectivity index (χ1v) is 5.26. The van der Waals surface area contributed by atoms with Gasteiger partial charge in [-0.3, -0.25) is 9.59 Å². The molecule has 0 aliphatic carbocycles. The number of hydrogen-bond donors (Lipinski definition) is 3. The van der Waals surface area contributed by atoms with Crippen molar-refractivity contribution in [3.05, 3.63) is 58.3 Å². The van der Waals surface area contributed by atoms with Gasteiger partial charge >= 0.3 is 5.97 Å². The molecule has 1 heterocycles. The van der Waals surface area contributed by atoms with E-state index in [0.29, 0.717) is 0 Å². The maximum atomic E-state index is 11.8. The Hall–Kier alpha value is -2.96. The maximum Gasteiger partial charge on any atom is 0.337 e. The average molecular weight is 259 g/mol. The van der Waals surface area contributed by atoms with Crippen molar-refractivity contribution < 1.29 is 14.7 Å². The Bertz CT molecular complexity index is 673. The summed E-state index contributed by atoms with van der Waals surface area (Å²) in [5.74, 6) is -1.75. The molecule has 0 unspecified atom stereocenters. The fourth-order valence-corrected chi connectivity index (χ4v) is 1.43.